The number of carboxylic acids is 1. The molecular weight excluding hydrogens is 282 g/mol. The monoisotopic (exact) mass is 289 g/mol. The number of hydrogen-bond acceptors (Lipinski definition) is 4. The number of aromatic carboxylic acids is 1. The lowest BCUT2D eigenvalue weighted by atomic mass is 10.1. The number of aromatic nitrogens is 2. The molecule has 0 aliphatic rings. The number of carboxylic acid groups (broad SMARTS) is 1. The Morgan fingerprint density at radius 1 is 1.40 bits per heavy atom. The molecule has 2 rings (SSSR count). The van der Waals surface area contributed by atoms with E-state index in [-0.39, 0.29) is 12.2 Å². The molecule has 0 aliphatic heterocycles. The standard InChI is InChI=1S/C13H8ClN3O3/c14-10-5-8(6-15)1-2-9(10)7-17-12(18)4-3-11(16-17)13(19)20/h1-5H,7H2,(H,19,20). The number of hydrogen-bond donors (Lipinski definition) is 1. The minimum absolute atomic E-state index is 0.0322. The molecule has 100 valence electrons. The molecular formula is C13H8ClN3O3. The van der Waals surface area contributed by atoms with Crippen molar-refractivity contribution in [2.45, 2.75) is 6.54 Å². The van der Waals surface area contributed by atoms with Gasteiger partial charge in [0.1, 0.15) is 0 Å². The predicted molar refractivity (Wildman–Crippen MR) is 70.7 cm³/mol. The van der Waals surface area contributed by atoms with Crippen LogP contribution >= 0.6 is 11.6 Å². The number of rotatable bonds is 3. The summed E-state index contributed by atoms with van der Waals surface area (Å²) in [5, 5.41) is 21.6. The van der Waals surface area contributed by atoms with Gasteiger partial charge in [-0.15, -0.1) is 0 Å². The average Bonchev–Trinajstić information content (AvgIpc) is 2.42. The average molecular weight is 290 g/mol. The summed E-state index contributed by atoms with van der Waals surface area (Å²) in [5.74, 6) is -1.22. The third kappa shape index (κ3) is 2.84. The van der Waals surface area contributed by atoms with Crippen LogP contribution in [0.2, 0.25) is 5.02 Å². The van der Waals surface area contributed by atoms with E-state index in [1.54, 1.807) is 12.1 Å². The van der Waals surface area contributed by atoms with E-state index in [9.17, 15) is 9.59 Å². The van der Waals surface area contributed by atoms with Gasteiger partial charge in [-0.2, -0.15) is 10.4 Å². The first-order valence-corrected chi connectivity index (χ1v) is 5.89. The van der Waals surface area contributed by atoms with Gasteiger partial charge in [0.2, 0.25) is 0 Å². The maximum Gasteiger partial charge on any atom is 0.356 e. The molecule has 0 fully saturated rings. The Morgan fingerprint density at radius 2 is 2.15 bits per heavy atom. The molecule has 0 bridgehead atoms. The lowest BCUT2D eigenvalue weighted by Crippen LogP contribution is -2.25. The Labute approximate surface area is 118 Å². The van der Waals surface area contributed by atoms with Crippen molar-refractivity contribution < 1.29 is 9.90 Å². The van der Waals surface area contributed by atoms with Crippen LogP contribution in [0.3, 0.4) is 0 Å². The Balaban J connectivity index is 2.40. The highest BCUT2D eigenvalue weighted by Crippen LogP contribution is 2.18. The second-order valence-electron chi connectivity index (χ2n) is 3.94. The fraction of sp³-hybridized carbons (Fsp3) is 0.0769. The van der Waals surface area contributed by atoms with Gasteiger partial charge in [0, 0.05) is 11.1 Å². The molecule has 7 heteroatoms. The van der Waals surface area contributed by atoms with Crippen LogP contribution < -0.4 is 5.56 Å². The summed E-state index contributed by atoms with van der Waals surface area (Å²) in [6, 6.07) is 8.86. The van der Waals surface area contributed by atoms with E-state index in [2.05, 4.69) is 5.10 Å². The van der Waals surface area contributed by atoms with E-state index >= 15 is 0 Å². The van der Waals surface area contributed by atoms with E-state index in [1.807, 2.05) is 6.07 Å². The van der Waals surface area contributed by atoms with Crippen molar-refractivity contribution in [2.75, 3.05) is 0 Å². The first kappa shape index (κ1) is 13.8. The predicted octanol–water partition coefficient (Wildman–Crippen LogP) is 1.51. The van der Waals surface area contributed by atoms with Crippen LogP contribution in [0, 0.1) is 11.3 Å². The van der Waals surface area contributed by atoms with Crippen molar-refractivity contribution in [3.8, 4) is 6.07 Å². The summed E-state index contributed by atoms with van der Waals surface area (Å²) < 4.78 is 1.01. The number of nitrogens with zero attached hydrogens (tertiary/aromatic N) is 3. The van der Waals surface area contributed by atoms with Crippen molar-refractivity contribution in [1.82, 2.24) is 9.78 Å². The van der Waals surface area contributed by atoms with E-state index in [1.165, 1.54) is 6.07 Å². The molecule has 0 aliphatic carbocycles. The van der Waals surface area contributed by atoms with Gasteiger partial charge >= 0.3 is 5.97 Å². The zero-order chi connectivity index (χ0) is 14.7. The van der Waals surface area contributed by atoms with Crippen LogP contribution in [0.4, 0.5) is 0 Å². The molecule has 0 saturated carbocycles. The second-order valence-corrected chi connectivity index (χ2v) is 4.34. The van der Waals surface area contributed by atoms with Crippen molar-refractivity contribution >= 4 is 17.6 Å². The molecule has 1 N–H and O–H groups in total. The van der Waals surface area contributed by atoms with Gasteiger partial charge in [-0.1, -0.05) is 17.7 Å². The third-order valence-electron chi connectivity index (χ3n) is 2.59. The van der Waals surface area contributed by atoms with Gasteiger partial charge in [-0.05, 0) is 23.8 Å². The fourth-order valence-corrected chi connectivity index (χ4v) is 1.82. The Bertz CT molecular complexity index is 777. The minimum atomic E-state index is -1.22. The van der Waals surface area contributed by atoms with Crippen LogP contribution in [-0.4, -0.2) is 20.9 Å². The largest absolute Gasteiger partial charge is 0.476 e. The van der Waals surface area contributed by atoms with E-state index < -0.39 is 11.5 Å². The second kappa shape index (κ2) is 5.55. The molecule has 0 unspecified atom stereocenters. The number of benzene rings is 1. The number of nitriles is 1. The first-order chi connectivity index (χ1) is 9.51. The maximum atomic E-state index is 11.6. The third-order valence-corrected chi connectivity index (χ3v) is 2.94. The van der Waals surface area contributed by atoms with Gasteiger partial charge in [-0.25, -0.2) is 9.48 Å². The van der Waals surface area contributed by atoms with Crippen LogP contribution in [0.1, 0.15) is 21.6 Å². The highest BCUT2D eigenvalue weighted by atomic mass is 35.5. The van der Waals surface area contributed by atoms with Crippen LogP contribution in [0.25, 0.3) is 0 Å². The van der Waals surface area contributed by atoms with E-state index in [0.29, 0.717) is 16.1 Å². The zero-order valence-electron chi connectivity index (χ0n) is 10.1. The van der Waals surface area contributed by atoms with Crippen molar-refractivity contribution in [3.05, 3.63) is 62.5 Å². The quantitative estimate of drug-likeness (QED) is 0.924. The molecule has 6 nitrogen and oxygen atoms in total. The number of halogens is 1. The lowest BCUT2D eigenvalue weighted by Gasteiger charge is -2.07. The molecule has 0 saturated heterocycles. The molecule has 20 heavy (non-hydrogen) atoms. The van der Waals surface area contributed by atoms with E-state index in [4.69, 9.17) is 22.0 Å². The zero-order valence-corrected chi connectivity index (χ0v) is 10.8. The Hall–Kier alpha value is -2.65. The highest BCUT2D eigenvalue weighted by Gasteiger charge is 2.09. The van der Waals surface area contributed by atoms with Gasteiger partial charge in [0.25, 0.3) is 5.56 Å². The van der Waals surface area contributed by atoms with Crippen molar-refractivity contribution in [2.24, 2.45) is 0 Å². The summed E-state index contributed by atoms with van der Waals surface area (Å²) in [7, 11) is 0. The maximum absolute atomic E-state index is 11.6. The summed E-state index contributed by atoms with van der Waals surface area (Å²) >= 11 is 6.00. The highest BCUT2D eigenvalue weighted by molar-refractivity contribution is 6.31. The van der Waals surface area contributed by atoms with Crippen LogP contribution in [0.5, 0.6) is 0 Å². The molecule has 0 spiro atoms. The van der Waals surface area contributed by atoms with Gasteiger partial charge in [0.05, 0.1) is 18.2 Å². The van der Waals surface area contributed by atoms with E-state index in [0.717, 1.165) is 16.8 Å². The summed E-state index contributed by atoms with van der Waals surface area (Å²) in [4.78, 5) is 22.5. The SMILES string of the molecule is N#Cc1ccc(Cn2nc(C(=O)O)ccc2=O)c(Cl)c1. The molecule has 0 radical (unpaired) electrons. The summed E-state index contributed by atoms with van der Waals surface area (Å²) in [6.07, 6.45) is 0. The fourth-order valence-electron chi connectivity index (χ4n) is 1.58. The summed E-state index contributed by atoms with van der Waals surface area (Å²) in [6.45, 7) is 0.0322. The molecule has 1 heterocycles. The number of carbonyl (C=O) groups is 1. The van der Waals surface area contributed by atoms with Gasteiger partial charge in [0.15, 0.2) is 5.69 Å². The molecule has 2 aromatic rings. The topological polar surface area (TPSA) is 96.0 Å². The molecule has 0 atom stereocenters. The van der Waals surface area contributed by atoms with Crippen LogP contribution in [-0.2, 0) is 6.54 Å². The summed E-state index contributed by atoms with van der Waals surface area (Å²) in [5.41, 5.74) is 0.311. The normalized spacial score (nSPS) is 10.0. The van der Waals surface area contributed by atoms with Crippen LogP contribution in [0.15, 0.2) is 35.1 Å². The van der Waals surface area contributed by atoms with Gasteiger partial charge in [-0.3, -0.25) is 4.79 Å². The molecule has 1 aromatic heterocycles. The molecule has 1 aromatic carbocycles. The van der Waals surface area contributed by atoms with Crippen molar-refractivity contribution in [1.29, 1.82) is 5.26 Å². The minimum Gasteiger partial charge on any atom is -0.476 e. The first-order valence-electron chi connectivity index (χ1n) is 5.51. The Morgan fingerprint density at radius 3 is 2.75 bits per heavy atom. The van der Waals surface area contributed by atoms with Gasteiger partial charge < -0.3 is 5.11 Å². The van der Waals surface area contributed by atoms with Crippen molar-refractivity contribution in [3.63, 3.8) is 0 Å². The lowest BCUT2D eigenvalue weighted by molar-refractivity contribution is 0.0687. The smallest absolute Gasteiger partial charge is 0.356 e. The Kier molecular flexibility index (Phi) is 3.82. The molecule has 0 amide bonds.